The molecule has 0 aromatic heterocycles. The van der Waals surface area contributed by atoms with Crippen molar-refractivity contribution in [3.05, 3.63) is 35.9 Å². The van der Waals surface area contributed by atoms with Crippen LogP contribution in [0, 0.1) is 0 Å². The number of hydroxylamine groups is 2. The smallest absolute Gasteiger partial charge is 0.248 e. The van der Waals surface area contributed by atoms with Gasteiger partial charge in [-0.3, -0.25) is 19.3 Å². The Morgan fingerprint density at radius 1 is 1.20 bits per heavy atom. The number of carbonyl (C=O) groups excluding carboxylic acids is 2. The van der Waals surface area contributed by atoms with Gasteiger partial charge in [-0.25, -0.2) is 5.06 Å². The molecule has 0 unspecified atom stereocenters. The second kappa shape index (κ2) is 8.97. The highest BCUT2D eigenvalue weighted by Gasteiger charge is 2.33. The molecule has 2 fully saturated rings. The number of carbonyl (C=O) groups is 2. The van der Waals surface area contributed by atoms with Gasteiger partial charge in [-0.15, -0.1) is 0 Å². The normalized spacial score (nSPS) is 21.8. The van der Waals surface area contributed by atoms with E-state index in [2.05, 4.69) is 22.3 Å². The molecular formula is C19H27N3O3. The average Bonchev–Trinajstić information content (AvgIpc) is 2.66. The lowest BCUT2D eigenvalue weighted by Gasteiger charge is -2.36. The van der Waals surface area contributed by atoms with Gasteiger partial charge < -0.3 is 5.32 Å². The fourth-order valence-corrected chi connectivity index (χ4v) is 3.44. The summed E-state index contributed by atoms with van der Waals surface area (Å²) in [5.74, 6) is -0.133. The molecule has 0 saturated carbocycles. The summed E-state index contributed by atoms with van der Waals surface area (Å²) in [6.45, 7) is 3.47. The standard InChI is InChI=1S/C19H27N3O3/c23-18(22-12-4-5-14-25-22)15-17-19(24)20-10-13-21(17)11-6-9-16-7-2-1-3-8-16/h1-3,7-8,17H,4-6,9-15H2,(H,20,24)/t17-/m1/s1. The van der Waals surface area contributed by atoms with E-state index in [1.807, 2.05) is 18.2 Å². The number of amides is 2. The van der Waals surface area contributed by atoms with Crippen molar-refractivity contribution in [1.82, 2.24) is 15.3 Å². The van der Waals surface area contributed by atoms with Gasteiger partial charge in [0.25, 0.3) is 0 Å². The van der Waals surface area contributed by atoms with Gasteiger partial charge in [0.2, 0.25) is 11.8 Å². The van der Waals surface area contributed by atoms with Crippen LogP contribution in [0.15, 0.2) is 30.3 Å². The Morgan fingerprint density at radius 2 is 2.04 bits per heavy atom. The fourth-order valence-electron chi connectivity index (χ4n) is 3.44. The molecule has 3 rings (SSSR count). The molecule has 136 valence electrons. The summed E-state index contributed by atoms with van der Waals surface area (Å²) in [5, 5.41) is 4.32. The maximum atomic E-state index is 12.4. The van der Waals surface area contributed by atoms with Crippen molar-refractivity contribution in [2.75, 3.05) is 32.8 Å². The van der Waals surface area contributed by atoms with E-state index in [4.69, 9.17) is 4.84 Å². The largest absolute Gasteiger partial charge is 0.353 e. The van der Waals surface area contributed by atoms with E-state index in [-0.39, 0.29) is 24.3 Å². The molecule has 0 radical (unpaired) electrons. The first-order valence-electron chi connectivity index (χ1n) is 9.23. The van der Waals surface area contributed by atoms with Crippen molar-refractivity contribution in [3.63, 3.8) is 0 Å². The number of aryl methyl sites for hydroxylation is 1. The first-order chi connectivity index (χ1) is 12.2. The number of benzene rings is 1. The van der Waals surface area contributed by atoms with Crippen molar-refractivity contribution < 1.29 is 14.4 Å². The summed E-state index contributed by atoms with van der Waals surface area (Å²) in [5.41, 5.74) is 1.30. The molecule has 1 aromatic carbocycles. The Balaban J connectivity index is 1.53. The topological polar surface area (TPSA) is 61.9 Å². The Bertz CT molecular complexity index is 573. The van der Waals surface area contributed by atoms with E-state index in [0.29, 0.717) is 19.7 Å². The minimum absolute atomic E-state index is 0.0451. The summed E-state index contributed by atoms with van der Waals surface area (Å²) in [7, 11) is 0. The highest BCUT2D eigenvalue weighted by atomic mass is 16.7. The molecule has 2 aliphatic heterocycles. The number of piperazine rings is 1. The van der Waals surface area contributed by atoms with Crippen LogP contribution in [-0.4, -0.2) is 60.6 Å². The van der Waals surface area contributed by atoms with Gasteiger partial charge in [-0.1, -0.05) is 30.3 Å². The first-order valence-corrected chi connectivity index (χ1v) is 9.23. The van der Waals surface area contributed by atoms with E-state index in [0.717, 1.165) is 38.8 Å². The van der Waals surface area contributed by atoms with E-state index in [1.54, 1.807) is 0 Å². The molecule has 6 nitrogen and oxygen atoms in total. The van der Waals surface area contributed by atoms with E-state index < -0.39 is 0 Å². The minimum Gasteiger partial charge on any atom is -0.353 e. The Hall–Kier alpha value is -1.92. The quantitative estimate of drug-likeness (QED) is 0.846. The van der Waals surface area contributed by atoms with Crippen molar-refractivity contribution in [3.8, 4) is 0 Å². The lowest BCUT2D eigenvalue weighted by Crippen LogP contribution is -2.57. The molecule has 2 aliphatic rings. The van der Waals surface area contributed by atoms with Gasteiger partial charge in [0.1, 0.15) is 0 Å². The molecule has 6 heteroatoms. The molecule has 2 amide bonds. The average molecular weight is 345 g/mol. The lowest BCUT2D eigenvalue weighted by molar-refractivity contribution is -0.198. The highest BCUT2D eigenvalue weighted by Crippen LogP contribution is 2.15. The number of hydrogen-bond acceptors (Lipinski definition) is 4. The minimum atomic E-state index is -0.387. The van der Waals surface area contributed by atoms with E-state index >= 15 is 0 Å². The molecular weight excluding hydrogens is 318 g/mol. The number of rotatable bonds is 6. The van der Waals surface area contributed by atoms with Crippen LogP contribution in [0.4, 0.5) is 0 Å². The number of hydrogen-bond donors (Lipinski definition) is 1. The summed E-state index contributed by atoms with van der Waals surface area (Å²) in [6, 6.07) is 9.97. The fraction of sp³-hybridized carbons (Fsp3) is 0.579. The van der Waals surface area contributed by atoms with Crippen LogP contribution in [0.1, 0.15) is 31.2 Å². The van der Waals surface area contributed by atoms with Gasteiger partial charge in [-0.2, -0.15) is 0 Å². The second-order valence-corrected chi connectivity index (χ2v) is 6.67. The third-order valence-electron chi connectivity index (χ3n) is 4.84. The predicted molar refractivity (Wildman–Crippen MR) is 94.6 cm³/mol. The second-order valence-electron chi connectivity index (χ2n) is 6.67. The Kier molecular flexibility index (Phi) is 6.42. The first kappa shape index (κ1) is 17.9. The van der Waals surface area contributed by atoms with Crippen LogP contribution in [-0.2, 0) is 20.8 Å². The molecule has 1 N–H and O–H groups in total. The summed E-state index contributed by atoms with van der Waals surface area (Å²) in [4.78, 5) is 32.3. The van der Waals surface area contributed by atoms with E-state index in [1.165, 1.54) is 10.6 Å². The Labute approximate surface area is 149 Å². The number of nitrogens with zero attached hydrogens (tertiary/aromatic N) is 2. The van der Waals surface area contributed by atoms with Crippen LogP contribution in [0.25, 0.3) is 0 Å². The molecule has 0 spiro atoms. The zero-order valence-electron chi connectivity index (χ0n) is 14.7. The molecule has 25 heavy (non-hydrogen) atoms. The monoisotopic (exact) mass is 345 g/mol. The van der Waals surface area contributed by atoms with Crippen LogP contribution < -0.4 is 5.32 Å². The molecule has 2 saturated heterocycles. The molecule has 0 aliphatic carbocycles. The maximum absolute atomic E-state index is 12.4. The number of nitrogens with one attached hydrogen (secondary N) is 1. The van der Waals surface area contributed by atoms with Gasteiger partial charge in [-0.05, 0) is 37.8 Å². The van der Waals surface area contributed by atoms with Crippen molar-refractivity contribution in [1.29, 1.82) is 0 Å². The lowest BCUT2D eigenvalue weighted by atomic mass is 10.1. The summed E-state index contributed by atoms with van der Waals surface area (Å²) in [6.07, 6.45) is 4.09. The van der Waals surface area contributed by atoms with Gasteiger partial charge in [0.05, 0.1) is 19.1 Å². The van der Waals surface area contributed by atoms with Crippen molar-refractivity contribution in [2.24, 2.45) is 0 Å². The van der Waals surface area contributed by atoms with Crippen LogP contribution in [0.5, 0.6) is 0 Å². The highest BCUT2D eigenvalue weighted by molar-refractivity contribution is 5.88. The van der Waals surface area contributed by atoms with Crippen LogP contribution in [0.2, 0.25) is 0 Å². The SMILES string of the molecule is O=C1NCCN(CCCc2ccccc2)[C@@H]1CC(=O)N1CCCCO1. The molecule has 2 heterocycles. The van der Waals surface area contributed by atoms with Crippen LogP contribution >= 0.6 is 0 Å². The molecule has 1 atom stereocenters. The zero-order valence-corrected chi connectivity index (χ0v) is 14.7. The molecule has 1 aromatic rings. The van der Waals surface area contributed by atoms with Crippen LogP contribution in [0.3, 0.4) is 0 Å². The molecule has 0 bridgehead atoms. The predicted octanol–water partition coefficient (Wildman–Crippen LogP) is 1.36. The third kappa shape index (κ3) is 5.03. The third-order valence-corrected chi connectivity index (χ3v) is 4.84. The summed E-state index contributed by atoms with van der Waals surface area (Å²) < 4.78 is 0. The van der Waals surface area contributed by atoms with Crippen molar-refractivity contribution in [2.45, 2.75) is 38.1 Å². The Morgan fingerprint density at radius 3 is 2.80 bits per heavy atom. The van der Waals surface area contributed by atoms with Gasteiger partial charge >= 0.3 is 0 Å². The summed E-state index contributed by atoms with van der Waals surface area (Å²) >= 11 is 0. The van der Waals surface area contributed by atoms with Gasteiger partial charge in [0, 0.05) is 19.6 Å². The maximum Gasteiger partial charge on any atom is 0.248 e. The van der Waals surface area contributed by atoms with Crippen molar-refractivity contribution >= 4 is 11.8 Å². The van der Waals surface area contributed by atoms with Gasteiger partial charge in [0.15, 0.2) is 0 Å². The van der Waals surface area contributed by atoms with E-state index in [9.17, 15) is 9.59 Å². The zero-order chi connectivity index (χ0) is 17.5.